The van der Waals surface area contributed by atoms with E-state index in [1.807, 2.05) is 13.0 Å². The van der Waals surface area contributed by atoms with E-state index < -0.39 is 0 Å². The van der Waals surface area contributed by atoms with Gasteiger partial charge in [-0.05, 0) is 58.4 Å². The molecule has 0 aliphatic heterocycles. The Kier molecular flexibility index (Phi) is 5.36. The number of rotatable bonds is 4. The average molecular weight is 270 g/mol. The minimum absolute atomic E-state index is 0.118. The Morgan fingerprint density at radius 1 is 1.39 bits per heavy atom. The van der Waals surface area contributed by atoms with Crippen molar-refractivity contribution in [2.24, 2.45) is 0 Å². The molecule has 0 aliphatic carbocycles. The van der Waals surface area contributed by atoms with Gasteiger partial charge in [-0.3, -0.25) is 0 Å². The zero-order chi connectivity index (χ0) is 13.8. The van der Waals surface area contributed by atoms with Gasteiger partial charge >= 0.3 is 0 Å². The first kappa shape index (κ1) is 15.2. The molecule has 1 nitrogen and oxygen atoms in total. The minimum atomic E-state index is -0.264. The van der Waals surface area contributed by atoms with Crippen molar-refractivity contribution >= 4 is 17.2 Å². The second kappa shape index (κ2) is 6.35. The predicted octanol–water partition coefficient (Wildman–Crippen LogP) is 4.66. The summed E-state index contributed by atoms with van der Waals surface area (Å²) in [6.07, 6.45) is 2.93. The lowest BCUT2D eigenvalue weighted by Gasteiger charge is -2.19. The highest BCUT2D eigenvalue weighted by molar-refractivity contribution is 6.30. The van der Waals surface area contributed by atoms with Crippen LogP contribution in [0.1, 0.15) is 39.7 Å². The van der Waals surface area contributed by atoms with Gasteiger partial charge in [0.05, 0.1) is 0 Å². The fourth-order valence-corrected chi connectivity index (χ4v) is 1.81. The highest BCUT2D eigenvalue weighted by atomic mass is 35.5. The minimum Gasteiger partial charge on any atom is -0.312 e. The van der Waals surface area contributed by atoms with Gasteiger partial charge in [-0.1, -0.05) is 23.7 Å². The summed E-state index contributed by atoms with van der Waals surface area (Å²) in [7, 11) is 0. The molecule has 18 heavy (non-hydrogen) atoms. The van der Waals surface area contributed by atoms with Crippen molar-refractivity contribution in [2.75, 3.05) is 6.54 Å². The Morgan fingerprint density at radius 2 is 2.06 bits per heavy atom. The van der Waals surface area contributed by atoms with Crippen LogP contribution in [-0.4, -0.2) is 12.1 Å². The standard InChI is InChI=1S/C15H21ClFN/c1-11(6-5-9-18-15(2,3)4)13-8-7-12(16)10-14(13)17/h6-8,10,18H,5,9H2,1-4H3. The van der Waals surface area contributed by atoms with Crippen molar-refractivity contribution in [1.29, 1.82) is 0 Å². The maximum absolute atomic E-state index is 13.7. The highest BCUT2D eigenvalue weighted by Gasteiger charge is 2.07. The maximum atomic E-state index is 13.7. The number of nitrogens with one attached hydrogen (secondary N) is 1. The van der Waals surface area contributed by atoms with E-state index in [0.717, 1.165) is 18.5 Å². The largest absolute Gasteiger partial charge is 0.312 e. The molecule has 0 saturated heterocycles. The predicted molar refractivity (Wildman–Crippen MR) is 77.4 cm³/mol. The zero-order valence-electron chi connectivity index (χ0n) is 11.5. The molecule has 0 atom stereocenters. The Labute approximate surface area is 114 Å². The molecule has 3 heteroatoms. The van der Waals surface area contributed by atoms with Gasteiger partial charge < -0.3 is 5.32 Å². The van der Waals surface area contributed by atoms with Crippen LogP contribution in [0.5, 0.6) is 0 Å². The molecule has 0 bridgehead atoms. The molecule has 0 spiro atoms. The van der Waals surface area contributed by atoms with Crippen molar-refractivity contribution in [1.82, 2.24) is 5.32 Å². The third-order valence-corrected chi connectivity index (χ3v) is 2.84. The summed E-state index contributed by atoms with van der Waals surface area (Å²) in [5.41, 5.74) is 1.68. The van der Waals surface area contributed by atoms with Crippen LogP contribution >= 0.6 is 11.6 Å². The Hall–Kier alpha value is -0.860. The molecular formula is C15H21ClFN. The zero-order valence-corrected chi connectivity index (χ0v) is 12.2. The number of halogens is 2. The van der Waals surface area contributed by atoms with E-state index in [4.69, 9.17) is 11.6 Å². The number of hydrogen-bond acceptors (Lipinski definition) is 1. The van der Waals surface area contributed by atoms with Crippen LogP contribution in [-0.2, 0) is 0 Å². The molecular weight excluding hydrogens is 249 g/mol. The first-order valence-electron chi connectivity index (χ1n) is 6.17. The van der Waals surface area contributed by atoms with Crippen molar-refractivity contribution < 1.29 is 4.39 Å². The van der Waals surface area contributed by atoms with Gasteiger partial charge in [0, 0.05) is 16.1 Å². The quantitative estimate of drug-likeness (QED) is 0.784. The molecule has 0 heterocycles. The van der Waals surface area contributed by atoms with Gasteiger partial charge in [0.15, 0.2) is 0 Å². The molecule has 1 aromatic rings. The van der Waals surface area contributed by atoms with Crippen LogP contribution in [0.2, 0.25) is 5.02 Å². The Balaban J connectivity index is 2.61. The van der Waals surface area contributed by atoms with Gasteiger partial charge in [0.2, 0.25) is 0 Å². The summed E-state index contributed by atoms with van der Waals surface area (Å²) in [6.45, 7) is 9.19. The van der Waals surface area contributed by atoms with Crippen molar-refractivity contribution in [3.8, 4) is 0 Å². The SMILES string of the molecule is CC(=CCCNC(C)(C)C)c1ccc(Cl)cc1F. The molecule has 1 aromatic carbocycles. The van der Waals surface area contributed by atoms with Gasteiger partial charge in [-0.25, -0.2) is 4.39 Å². The summed E-state index contributed by atoms with van der Waals surface area (Å²) in [4.78, 5) is 0. The van der Waals surface area contributed by atoms with Crippen LogP contribution < -0.4 is 5.32 Å². The number of allylic oxidation sites excluding steroid dienone is 1. The second-order valence-electron chi connectivity index (χ2n) is 5.48. The lowest BCUT2D eigenvalue weighted by molar-refractivity contribution is 0.431. The topological polar surface area (TPSA) is 12.0 Å². The molecule has 1 N–H and O–H groups in total. The van der Waals surface area contributed by atoms with Crippen LogP contribution in [0, 0.1) is 5.82 Å². The smallest absolute Gasteiger partial charge is 0.132 e. The van der Waals surface area contributed by atoms with Gasteiger partial charge in [-0.2, -0.15) is 0 Å². The molecule has 0 saturated carbocycles. The number of hydrogen-bond donors (Lipinski definition) is 1. The molecule has 0 fully saturated rings. The highest BCUT2D eigenvalue weighted by Crippen LogP contribution is 2.21. The fourth-order valence-electron chi connectivity index (χ4n) is 1.66. The second-order valence-corrected chi connectivity index (χ2v) is 5.91. The fraction of sp³-hybridized carbons (Fsp3) is 0.467. The van der Waals surface area contributed by atoms with E-state index in [1.165, 1.54) is 6.07 Å². The van der Waals surface area contributed by atoms with E-state index in [1.54, 1.807) is 12.1 Å². The summed E-state index contributed by atoms with van der Waals surface area (Å²) >= 11 is 5.73. The lowest BCUT2D eigenvalue weighted by Crippen LogP contribution is -2.36. The van der Waals surface area contributed by atoms with Crippen molar-refractivity contribution in [2.45, 2.75) is 39.7 Å². The summed E-state index contributed by atoms with van der Waals surface area (Å²) in [5.74, 6) is -0.264. The third-order valence-electron chi connectivity index (χ3n) is 2.61. The molecule has 0 radical (unpaired) electrons. The summed E-state index contributed by atoms with van der Waals surface area (Å²) in [6, 6.07) is 4.78. The van der Waals surface area contributed by atoms with Crippen molar-refractivity contribution in [3.05, 3.63) is 40.7 Å². The molecule has 100 valence electrons. The van der Waals surface area contributed by atoms with Gasteiger partial charge in [0.1, 0.15) is 5.82 Å². The molecule has 0 amide bonds. The Bertz CT molecular complexity index is 433. The van der Waals surface area contributed by atoms with Crippen LogP contribution in [0.15, 0.2) is 24.3 Å². The molecule has 1 rings (SSSR count). The third kappa shape index (κ3) is 5.19. The van der Waals surface area contributed by atoms with Crippen LogP contribution in [0.4, 0.5) is 4.39 Å². The monoisotopic (exact) mass is 269 g/mol. The van der Waals surface area contributed by atoms with Crippen molar-refractivity contribution in [3.63, 3.8) is 0 Å². The maximum Gasteiger partial charge on any atom is 0.132 e. The van der Waals surface area contributed by atoms with E-state index in [9.17, 15) is 4.39 Å². The van der Waals surface area contributed by atoms with Crippen LogP contribution in [0.3, 0.4) is 0 Å². The average Bonchev–Trinajstić information content (AvgIpc) is 2.22. The molecule has 0 unspecified atom stereocenters. The normalized spacial score (nSPS) is 12.9. The lowest BCUT2D eigenvalue weighted by atomic mass is 10.1. The van der Waals surface area contributed by atoms with E-state index in [2.05, 4.69) is 26.1 Å². The van der Waals surface area contributed by atoms with E-state index >= 15 is 0 Å². The van der Waals surface area contributed by atoms with Gasteiger partial charge in [0.25, 0.3) is 0 Å². The van der Waals surface area contributed by atoms with E-state index in [-0.39, 0.29) is 11.4 Å². The number of benzene rings is 1. The molecule has 0 aromatic heterocycles. The first-order chi connectivity index (χ1) is 8.29. The van der Waals surface area contributed by atoms with E-state index in [0.29, 0.717) is 10.6 Å². The summed E-state index contributed by atoms with van der Waals surface area (Å²) < 4.78 is 13.7. The Morgan fingerprint density at radius 3 is 2.61 bits per heavy atom. The molecule has 0 aliphatic rings. The van der Waals surface area contributed by atoms with Crippen LogP contribution in [0.25, 0.3) is 5.57 Å². The summed E-state index contributed by atoms with van der Waals surface area (Å²) in [5, 5.41) is 3.82. The van der Waals surface area contributed by atoms with Gasteiger partial charge in [-0.15, -0.1) is 0 Å². The first-order valence-corrected chi connectivity index (χ1v) is 6.54.